The van der Waals surface area contributed by atoms with Crippen molar-refractivity contribution in [2.24, 2.45) is 5.73 Å². The van der Waals surface area contributed by atoms with Gasteiger partial charge in [0.15, 0.2) is 0 Å². The summed E-state index contributed by atoms with van der Waals surface area (Å²) in [6.45, 7) is 10.9. The van der Waals surface area contributed by atoms with Gasteiger partial charge in [0, 0.05) is 45.1 Å². The fourth-order valence-electron chi connectivity index (χ4n) is 2.61. The average molecular weight is 296 g/mol. The van der Waals surface area contributed by atoms with Gasteiger partial charge in [0.25, 0.3) is 0 Å². The van der Waals surface area contributed by atoms with Crippen LogP contribution in [0.3, 0.4) is 0 Å². The number of ether oxygens (including phenoxy) is 2. The maximum absolute atomic E-state index is 5.97. The van der Waals surface area contributed by atoms with Gasteiger partial charge in [0.1, 0.15) is 0 Å². The molecule has 2 unspecified atom stereocenters. The van der Waals surface area contributed by atoms with Crippen molar-refractivity contribution in [2.45, 2.75) is 45.9 Å². The van der Waals surface area contributed by atoms with Crippen molar-refractivity contribution in [1.82, 2.24) is 9.55 Å². The van der Waals surface area contributed by atoms with E-state index in [1.165, 1.54) is 0 Å². The number of anilines is 1. The Bertz CT molecular complexity index is 433. The summed E-state index contributed by atoms with van der Waals surface area (Å²) in [6.07, 6.45) is 3.18. The third-order valence-corrected chi connectivity index (χ3v) is 3.73. The van der Waals surface area contributed by atoms with E-state index < -0.39 is 0 Å². The third-order valence-electron chi connectivity index (χ3n) is 3.73. The van der Waals surface area contributed by atoms with Gasteiger partial charge < -0.3 is 24.7 Å². The quantitative estimate of drug-likeness (QED) is 0.765. The van der Waals surface area contributed by atoms with Crippen LogP contribution in [-0.2, 0) is 16.0 Å². The van der Waals surface area contributed by atoms with Gasteiger partial charge in [-0.15, -0.1) is 0 Å². The number of aryl methyl sites for hydroxylation is 2. The van der Waals surface area contributed by atoms with Crippen molar-refractivity contribution in [3.8, 4) is 0 Å². The van der Waals surface area contributed by atoms with Crippen molar-refractivity contribution in [2.75, 3.05) is 37.8 Å². The van der Waals surface area contributed by atoms with Gasteiger partial charge >= 0.3 is 0 Å². The number of rotatable bonds is 7. The molecule has 6 heteroatoms. The SMILES string of the molecule is CCOCCCn1cc(C)nc1N1CCOC(C(C)N)C1. The monoisotopic (exact) mass is 296 g/mol. The van der Waals surface area contributed by atoms with E-state index in [9.17, 15) is 0 Å². The smallest absolute Gasteiger partial charge is 0.205 e. The Balaban J connectivity index is 2.01. The van der Waals surface area contributed by atoms with Gasteiger partial charge in [-0.1, -0.05) is 0 Å². The van der Waals surface area contributed by atoms with E-state index in [-0.39, 0.29) is 12.1 Å². The first kappa shape index (κ1) is 16.3. The predicted octanol–water partition coefficient (Wildman–Crippen LogP) is 1.17. The Morgan fingerprint density at radius 1 is 1.57 bits per heavy atom. The molecule has 120 valence electrons. The normalized spacial score (nSPS) is 20.8. The van der Waals surface area contributed by atoms with Crippen LogP contribution in [0.4, 0.5) is 5.95 Å². The maximum atomic E-state index is 5.97. The molecule has 6 nitrogen and oxygen atoms in total. The summed E-state index contributed by atoms with van der Waals surface area (Å²) in [5.74, 6) is 1.03. The van der Waals surface area contributed by atoms with Crippen molar-refractivity contribution in [3.05, 3.63) is 11.9 Å². The number of nitrogens with two attached hydrogens (primary N) is 1. The molecule has 2 rings (SSSR count). The zero-order chi connectivity index (χ0) is 15.2. The van der Waals surface area contributed by atoms with E-state index in [1.54, 1.807) is 0 Å². The zero-order valence-corrected chi connectivity index (χ0v) is 13.4. The molecular weight excluding hydrogens is 268 g/mol. The molecule has 1 aliphatic rings. The highest BCUT2D eigenvalue weighted by Gasteiger charge is 2.26. The van der Waals surface area contributed by atoms with Crippen LogP contribution in [0, 0.1) is 6.92 Å². The van der Waals surface area contributed by atoms with Gasteiger partial charge in [0.05, 0.1) is 18.4 Å². The molecule has 21 heavy (non-hydrogen) atoms. The number of nitrogens with zero attached hydrogens (tertiary/aromatic N) is 3. The molecule has 0 aromatic carbocycles. The average Bonchev–Trinajstić information content (AvgIpc) is 2.85. The van der Waals surface area contributed by atoms with Crippen LogP contribution in [0.25, 0.3) is 0 Å². The van der Waals surface area contributed by atoms with Crippen molar-refractivity contribution in [1.29, 1.82) is 0 Å². The Morgan fingerprint density at radius 3 is 3.10 bits per heavy atom. The molecule has 1 saturated heterocycles. The molecule has 0 spiro atoms. The van der Waals surface area contributed by atoms with Crippen LogP contribution in [-0.4, -0.2) is 54.6 Å². The molecule has 2 atom stereocenters. The van der Waals surface area contributed by atoms with Crippen LogP contribution in [0.15, 0.2) is 6.20 Å². The fourth-order valence-corrected chi connectivity index (χ4v) is 2.61. The number of morpholine rings is 1. The Kier molecular flexibility index (Phi) is 6.02. The van der Waals surface area contributed by atoms with E-state index in [0.29, 0.717) is 6.61 Å². The number of hydrogen-bond acceptors (Lipinski definition) is 5. The summed E-state index contributed by atoms with van der Waals surface area (Å²) in [5.41, 5.74) is 7.02. The highest BCUT2D eigenvalue weighted by atomic mass is 16.5. The highest BCUT2D eigenvalue weighted by molar-refractivity contribution is 5.34. The number of imidazole rings is 1. The molecule has 1 aromatic rings. The topological polar surface area (TPSA) is 65.5 Å². The first-order chi connectivity index (χ1) is 10.1. The standard InChI is InChI=1S/C15H28N4O2/c1-4-20-8-5-6-18-10-12(2)17-15(18)19-7-9-21-14(11-19)13(3)16/h10,13-14H,4-9,11,16H2,1-3H3. The lowest BCUT2D eigenvalue weighted by molar-refractivity contribution is 0.0268. The Morgan fingerprint density at radius 2 is 2.38 bits per heavy atom. The van der Waals surface area contributed by atoms with Crippen LogP contribution in [0.2, 0.25) is 0 Å². The lowest BCUT2D eigenvalue weighted by Crippen LogP contribution is -2.50. The molecule has 1 fully saturated rings. The van der Waals surface area contributed by atoms with Gasteiger partial charge in [-0.3, -0.25) is 0 Å². The lowest BCUT2D eigenvalue weighted by atomic mass is 10.1. The molecular formula is C15H28N4O2. The molecule has 0 bridgehead atoms. The predicted molar refractivity (Wildman–Crippen MR) is 83.7 cm³/mol. The molecule has 1 aliphatic heterocycles. The minimum Gasteiger partial charge on any atom is -0.382 e. The second-order valence-electron chi connectivity index (χ2n) is 5.64. The summed E-state index contributed by atoms with van der Waals surface area (Å²) in [7, 11) is 0. The summed E-state index contributed by atoms with van der Waals surface area (Å²) in [5, 5.41) is 0. The molecule has 1 aromatic heterocycles. The Hall–Kier alpha value is -1.11. The van der Waals surface area contributed by atoms with E-state index >= 15 is 0 Å². The maximum Gasteiger partial charge on any atom is 0.205 e. The summed E-state index contributed by atoms with van der Waals surface area (Å²) in [6, 6.07) is 0.0373. The Labute approximate surface area is 127 Å². The minimum atomic E-state index is 0.0373. The largest absolute Gasteiger partial charge is 0.382 e. The lowest BCUT2D eigenvalue weighted by Gasteiger charge is -2.35. The molecule has 0 saturated carbocycles. The van der Waals surface area contributed by atoms with E-state index in [2.05, 4.69) is 20.6 Å². The highest BCUT2D eigenvalue weighted by Crippen LogP contribution is 2.19. The molecule has 0 radical (unpaired) electrons. The van der Waals surface area contributed by atoms with Gasteiger partial charge in [-0.25, -0.2) is 4.98 Å². The van der Waals surface area contributed by atoms with E-state index in [4.69, 9.17) is 15.2 Å². The van der Waals surface area contributed by atoms with E-state index in [1.807, 2.05) is 20.8 Å². The van der Waals surface area contributed by atoms with Crippen LogP contribution in [0.5, 0.6) is 0 Å². The van der Waals surface area contributed by atoms with Crippen LogP contribution >= 0.6 is 0 Å². The van der Waals surface area contributed by atoms with Gasteiger partial charge in [0.2, 0.25) is 5.95 Å². The number of hydrogen-bond donors (Lipinski definition) is 1. The van der Waals surface area contributed by atoms with Crippen LogP contribution in [0.1, 0.15) is 26.0 Å². The van der Waals surface area contributed by atoms with Gasteiger partial charge in [-0.05, 0) is 27.2 Å². The molecule has 0 amide bonds. The summed E-state index contributed by atoms with van der Waals surface area (Å²) < 4.78 is 13.4. The van der Waals surface area contributed by atoms with Crippen molar-refractivity contribution in [3.63, 3.8) is 0 Å². The van der Waals surface area contributed by atoms with E-state index in [0.717, 1.165) is 50.9 Å². The number of aromatic nitrogens is 2. The van der Waals surface area contributed by atoms with Gasteiger partial charge in [-0.2, -0.15) is 0 Å². The summed E-state index contributed by atoms with van der Waals surface area (Å²) in [4.78, 5) is 6.96. The second-order valence-corrected chi connectivity index (χ2v) is 5.64. The first-order valence-corrected chi connectivity index (χ1v) is 7.85. The first-order valence-electron chi connectivity index (χ1n) is 7.85. The zero-order valence-electron chi connectivity index (χ0n) is 13.4. The molecule has 2 heterocycles. The molecule has 0 aliphatic carbocycles. The van der Waals surface area contributed by atoms with Crippen molar-refractivity contribution >= 4 is 5.95 Å². The fraction of sp³-hybridized carbons (Fsp3) is 0.800. The van der Waals surface area contributed by atoms with Crippen molar-refractivity contribution < 1.29 is 9.47 Å². The third kappa shape index (κ3) is 4.43. The minimum absolute atomic E-state index is 0.0373. The second kappa shape index (κ2) is 7.77. The summed E-state index contributed by atoms with van der Waals surface area (Å²) >= 11 is 0. The molecule has 2 N–H and O–H groups in total. The van der Waals surface area contributed by atoms with Crippen LogP contribution < -0.4 is 10.6 Å².